The number of ether oxygens (including phenoxy) is 2. The van der Waals surface area contributed by atoms with Crippen molar-refractivity contribution in [2.24, 2.45) is 0 Å². The summed E-state index contributed by atoms with van der Waals surface area (Å²) in [4.78, 5) is 24.3. The molecule has 5 nitrogen and oxygen atoms in total. The first-order valence-corrected chi connectivity index (χ1v) is 4.85. The molecule has 0 radical (unpaired) electrons. The Balaban J connectivity index is 2.40. The Hall–Kier alpha value is -2.04. The van der Waals surface area contributed by atoms with Gasteiger partial charge in [-0.2, -0.15) is 0 Å². The second kappa shape index (κ2) is 4.22. The summed E-state index contributed by atoms with van der Waals surface area (Å²) in [7, 11) is 1.31. The molecule has 1 saturated heterocycles. The van der Waals surface area contributed by atoms with Crippen molar-refractivity contribution in [1.29, 1.82) is 0 Å². The van der Waals surface area contributed by atoms with E-state index < -0.39 is 12.1 Å². The van der Waals surface area contributed by atoms with Crippen molar-refractivity contribution in [3.05, 3.63) is 29.8 Å². The molecule has 16 heavy (non-hydrogen) atoms. The number of amides is 1. The van der Waals surface area contributed by atoms with E-state index in [2.05, 4.69) is 4.74 Å². The van der Waals surface area contributed by atoms with Crippen molar-refractivity contribution in [2.75, 3.05) is 25.2 Å². The van der Waals surface area contributed by atoms with Crippen molar-refractivity contribution in [3.63, 3.8) is 0 Å². The average molecular weight is 221 g/mol. The lowest BCUT2D eigenvalue weighted by molar-refractivity contribution is 0.0601. The van der Waals surface area contributed by atoms with E-state index in [1.54, 1.807) is 24.3 Å². The number of esters is 1. The van der Waals surface area contributed by atoms with E-state index in [0.29, 0.717) is 24.4 Å². The highest BCUT2D eigenvalue weighted by molar-refractivity contribution is 6.01. The standard InChI is InChI=1S/C11H11NO4/c1-15-10(13)8-4-2-3-5-9(8)12-6-7-16-11(12)14/h2-5H,6-7H2,1H3. The fourth-order valence-corrected chi connectivity index (χ4v) is 1.60. The third-order valence-corrected chi connectivity index (χ3v) is 2.36. The van der Waals surface area contributed by atoms with Gasteiger partial charge in [0.1, 0.15) is 6.61 Å². The minimum atomic E-state index is -0.463. The molecule has 5 heteroatoms. The van der Waals surface area contributed by atoms with Crippen LogP contribution in [-0.2, 0) is 9.47 Å². The number of anilines is 1. The van der Waals surface area contributed by atoms with Crippen molar-refractivity contribution >= 4 is 17.7 Å². The zero-order valence-corrected chi connectivity index (χ0v) is 8.80. The van der Waals surface area contributed by atoms with Gasteiger partial charge in [0.2, 0.25) is 0 Å². The molecule has 0 atom stereocenters. The molecule has 1 aliphatic rings. The lowest BCUT2D eigenvalue weighted by atomic mass is 10.1. The van der Waals surface area contributed by atoms with Crippen LogP contribution in [0.5, 0.6) is 0 Å². The first-order chi connectivity index (χ1) is 7.74. The Morgan fingerprint density at radius 1 is 1.44 bits per heavy atom. The van der Waals surface area contributed by atoms with E-state index in [1.165, 1.54) is 12.0 Å². The van der Waals surface area contributed by atoms with Crippen LogP contribution >= 0.6 is 0 Å². The highest BCUT2D eigenvalue weighted by Crippen LogP contribution is 2.23. The largest absolute Gasteiger partial charge is 0.465 e. The summed E-state index contributed by atoms with van der Waals surface area (Å²) < 4.78 is 9.48. The Labute approximate surface area is 92.6 Å². The first-order valence-electron chi connectivity index (χ1n) is 4.85. The summed E-state index contributed by atoms with van der Waals surface area (Å²) in [5.74, 6) is -0.463. The summed E-state index contributed by atoms with van der Waals surface area (Å²) in [5, 5.41) is 0. The first kappa shape index (κ1) is 10.5. The van der Waals surface area contributed by atoms with Crippen LogP contribution < -0.4 is 4.90 Å². The quantitative estimate of drug-likeness (QED) is 0.709. The molecule has 0 saturated carbocycles. The summed E-state index contributed by atoms with van der Waals surface area (Å²) in [5.41, 5.74) is 0.890. The summed E-state index contributed by atoms with van der Waals surface area (Å²) in [6.45, 7) is 0.793. The SMILES string of the molecule is COC(=O)c1ccccc1N1CCOC1=O. The number of rotatable bonds is 2. The maximum atomic E-state index is 11.5. The highest BCUT2D eigenvalue weighted by Gasteiger charge is 2.27. The van der Waals surface area contributed by atoms with E-state index in [1.807, 2.05) is 0 Å². The maximum absolute atomic E-state index is 11.5. The second-order valence-electron chi connectivity index (χ2n) is 3.27. The Bertz CT molecular complexity index is 430. The summed E-state index contributed by atoms with van der Waals surface area (Å²) in [6, 6.07) is 6.79. The number of carbonyl (C=O) groups excluding carboxylic acids is 2. The van der Waals surface area contributed by atoms with E-state index in [4.69, 9.17) is 4.74 Å². The predicted molar refractivity (Wildman–Crippen MR) is 56.5 cm³/mol. The third-order valence-electron chi connectivity index (χ3n) is 2.36. The van der Waals surface area contributed by atoms with Crippen LogP contribution in [-0.4, -0.2) is 32.3 Å². The van der Waals surface area contributed by atoms with Gasteiger partial charge in [-0.1, -0.05) is 12.1 Å². The molecular weight excluding hydrogens is 210 g/mol. The number of hydrogen-bond acceptors (Lipinski definition) is 4. The third kappa shape index (κ3) is 1.71. The van der Waals surface area contributed by atoms with Crippen molar-refractivity contribution in [1.82, 2.24) is 0 Å². The molecule has 0 unspecified atom stereocenters. The van der Waals surface area contributed by atoms with Crippen molar-refractivity contribution in [2.45, 2.75) is 0 Å². The van der Waals surface area contributed by atoms with E-state index >= 15 is 0 Å². The molecule has 0 aliphatic carbocycles. The van der Waals surface area contributed by atoms with Crippen LogP contribution in [0.4, 0.5) is 10.5 Å². The lowest BCUT2D eigenvalue weighted by Crippen LogP contribution is -2.25. The maximum Gasteiger partial charge on any atom is 0.414 e. The van der Waals surface area contributed by atoms with Gasteiger partial charge in [-0.3, -0.25) is 4.90 Å². The number of benzene rings is 1. The van der Waals surface area contributed by atoms with Crippen LogP contribution in [0, 0.1) is 0 Å². The number of methoxy groups -OCH3 is 1. The van der Waals surface area contributed by atoms with Gasteiger partial charge < -0.3 is 9.47 Å². The fraction of sp³-hybridized carbons (Fsp3) is 0.273. The van der Waals surface area contributed by atoms with E-state index in [0.717, 1.165) is 0 Å². The molecule has 2 rings (SSSR count). The zero-order valence-electron chi connectivity index (χ0n) is 8.80. The molecule has 1 aliphatic heterocycles. The molecule has 0 spiro atoms. The summed E-state index contributed by atoms with van der Waals surface area (Å²) >= 11 is 0. The number of nitrogens with zero attached hydrogens (tertiary/aromatic N) is 1. The van der Waals surface area contributed by atoms with E-state index in [-0.39, 0.29) is 0 Å². The van der Waals surface area contributed by atoms with Gasteiger partial charge in [0, 0.05) is 0 Å². The van der Waals surface area contributed by atoms with Gasteiger partial charge in [-0.05, 0) is 12.1 Å². The van der Waals surface area contributed by atoms with E-state index in [9.17, 15) is 9.59 Å². The van der Waals surface area contributed by atoms with Gasteiger partial charge in [-0.15, -0.1) is 0 Å². The van der Waals surface area contributed by atoms with Crippen molar-refractivity contribution in [3.8, 4) is 0 Å². The topological polar surface area (TPSA) is 55.8 Å². The molecular formula is C11H11NO4. The molecule has 1 aromatic rings. The number of cyclic esters (lactones) is 1. The van der Waals surface area contributed by atoms with Crippen LogP contribution in [0.2, 0.25) is 0 Å². The molecule has 0 aromatic heterocycles. The van der Waals surface area contributed by atoms with Gasteiger partial charge in [-0.25, -0.2) is 9.59 Å². The molecule has 1 heterocycles. The average Bonchev–Trinajstić information content (AvgIpc) is 2.74. The fourth-order valence-electron chi connectivity index (χ4n) is 1.60. The zero-order chi connectivity index (χ0) is 11.5. The van der Waals surface area contributed by atoms with Crippen LogP contribution in [0.3, 0.4) is 0 Å². The van der Waals surface area contributed by atoms with Crippen molar-refractivity contribution < 1.29 is 19.1 Å². The Morgan fingerprint density at radius 3 is 2.81 bits per heavy atom. The van der Waals surface area contributed by atoms with Gasteiger partial charge in [0.05, 0.1) is 24.9 Å². The molecule has 1 fully saturated rings. The molecule has 1 amide bonds. The molecule has 0 bridgehead atoms. The van der Waals surface area contributed by atoms with Gasteiger partial charge >= 0.3 is 12.1 Å². The lowest BCUT2D eigenvalue weighted by Gasteiger charge is -2.15. The van der Waals surface area contributed by atoms with Crippen LogP contribution in [0.1, 0.15) is 10.4 Å². The molecule has 1 aromatic carbocycles. The summed E-state index contributed by atoms with van der Waals surface area (Å²) in [6.07, 6.45) is -0.434. The second-order valence-corrected chi connectivity index (χ2v) is 3.27. The minimum Gasteiger partial charge on any atom is -0.465 e. The Morgan fingerprint density at radius 2 is 2.19 bits per heavy atom. The monoisotopic (exact) mass is 221 g/mol. The van der Waals surface area contributed by atoms with Gasteiger partial charge in [0.15, 0.2) is 0 Å². The predicted octanol–water partition coefficient (Wildman–Crippen LogP) is 1.43. The smallest absolute Gasteiger partial charge is 0.414 e. The molecule has 0 N–H and O–H groups in total. The number of carbonyl (C=O) groups is 2. The highest BCUT2D eigenvalue weighted by atomic mass is 16.6. The Kier molecular flexibility index (Phi) is 2.76. The normalized spacial score (nSPS) is 14.8. The number of para-hydroxylation sites is 1. The molecule has 84 valence electrons. The van der Waals surface area contributed by atoms with Crippen LogP contribution in [0.15, 0.2) is 24.3 Å². The van der Waals surface area contributed by atoms with Gasteiger partial charge in [0.25, 0.3) is 0 Å². The minimum absolute atomic E-state index is 0.342. The number of hydrogen-bond donors (Lipinski definition) is 0. The van der Waals surface area contributed by atoms with Crippen LogP contribution in [0.25, 0.3) is 0 Å².